The highest BCUT2D eigenvalue weighted by atomic mass is 16.1. The molecule has 0 fully saturated rings. The van der Waals surface area contributed by atoms with Gasteiger partial charge in [-0.2, -0.15) is 0 Å². The molecule has 0 aliphatic heterocycles. The van der Waals surface area contributed by atoms with E-state index in [4.69, 9.17) is 0 Å². The lowest BCUT2D eigenvalue weighted by molar-refractivity contribution is 0.103. The molecule has 16 heavy (non-hydrogen) atoms. The molecule has 3 nitrogen and oxygen atoms in total. The van der Waals surface area contributed by atoms with E-state index < -0.39 is 0 Å². The molecule has 0 atom stereocenters. The third-order valence-corrected chi connectivity index (χ3v) is 2.56. The van der Waals surface area contributed by atoms with E-state index in [1.165, 1.54) is 0 Å². The van der Waals surface area contributed by atoms with E-state index in [9.17, 15) is 4.79 Å². The highest BCUT2D eigenvalue weighted by molar-refractivity contribution is 6.08. The molecule has 1 aromatic heterocycles. The number of ketones is 1. The quantitative estimate of drug-likeness (QED) is 0.719. The maximum absolute atomic E-state index is 12.1. The summed E-state index contributed by atoms with van der Waals surface area (Å²) in [5, 5.41) is 0. The Morgan fingerprint density at radius 1 is 1.31 bits per heavy atom. The monoisotopic (exact) mass is 214 g/mol. The molecular weight excluding hydrogens is 200 g/mol. The van der Waals surface area contributed by atoms with Crippen LogP contribution >= 0.6 is 0 Å². The van der Waals surface area contributed by atoms with Gasteiger partial charge in [0, 0.05) is 18.8 Å². The van der Waals surface area contributed by atoms with Gasteiger partial charge in [0.15, 0.2) is 0 Å². The summed E-state index contributed by atoms with van der Waals surface area (Å²) in [5.74, 6) is -0.0156. The minimum atomic E-state index is -0.0156. The van der Waals surface area contributed by atoms with Crippen molar-refractivity contribution in [1.82, 2.24) is 9.55 Å². The van der Waals surface area contributed by atoms with Gasteiger partial charge in [-0.1, -0.05) is 23.8 Å². The van der Waals surface area contributed by atoms with Crippen molar-refractivity contribution in [3.05, 3.63) is 53.1 Å². The van der Waals surface area contributed by atoms with Crippen LogP contribution in [0.2, 0.25) is 0 Å². The van der Waals surface area contributed by atoms with Crippen molar-refractivity contribution >= 4 is 5.78 Å². The molecule has 0 saturated carbocycles. The molecule has 2 aromatic rings. The second-order valence-electron chi connectivity index (χ2n) is 4.07. The first-order valence-electron chi connectivity index (χ1n) is 5.18. The molecular formula is C13H14N2O. The van der Waals surface area contributed by atoms with Crippen molar-refractivity contribution < 1.29 is 4.79 Å². The maximum Gasteiger partial charge on any atom is 0.213 e. The first-order chi connectivity index (χ1) is 7.58. The van der Waals surface area contributed by atoms with E-state index in [1.54, 1.807) is 17.1 Å². The molecule has 0 amide bonds. The third kappa shape index (κ3) is 1.89. The van der Waals surface area contributed by atoms with Gasteiger partial charge in [0.2, 0.25) is 5.78 Å². The zero-order valence-electron chi connectivity index (χ0n) is 9.69. The summed E-state index contributed by atoms with van der Waals surface area (Å²) in [6, 6.07) is 5.82. The Kier molecular flexibility index (Phi) is 2.60. The number of rotatable bonds is 2. The molecule has 0 radical (unpaired) electrons. The van der Waals surface area contributed by atoms with Gasteiger partial charge < -0.3 is 4.57 Å². The third-order valence-electron chi connectivity index (χ3n) is 2.56. The summed E-state index contributed by atoms with van der Waals surface area (Å²) in [6.45, 7) is 3.96. The molecule has 3 heteroatoms. The standard InChI is InChI=1S/C13H14N2O/c1-9-4-5-11(10(2)6-9)13(16)12-7-15(3)8-14-12/h4-8H,1-3H3. The number of carbonyl (C=O) groups is 1. The SMILES string of the molecule is Cc1ccc(C(=O)c2cn(C)cn2)c(C)c1. The van der Waals surface area contributed by atoms with Crippen molar-refractivity contribution in [3.63, 3.8) is 0 Å². The second kappa shape index (κ2) is 3.93. The van der Waals surface area contributed by atoms with Crippen molar-refractivity contribution in [1.29, 1.82) is 0 Å². The number of imidazole rings is 1. The molecule has 0 N–H and O–H groups in total. The number of aromatic nitrogens is 2. The van der Waals surface area contributed by atoms with Gasteiger partial charge in [-0.05, 0) is 19.4 Å². The fraction of sp³-hybridized carbons (Fsp3) is 0.231. The second-order valence-corrected chi connectivity index (χ2v) is 4.07. The Bertz CT molecular complexity index is 541. The summed E-state index contributed by atoms with van der Waals surface area (Å²) in [5.41, 5.74) is 3.38. The smallest absolute Gasteiger partial charge is 0.213 e. The largest absolute Gasteiger partial charge is 0.340 e. The van der Waals surface area contributed by atoms with Crippen LogP contribution in [-0.4, -0.2) is 15.3 Å². The van der Waals surface area contributed by atoms with E-state index in [-0.39, 0.29) is 5.78 Å². The van der Waals surface area contributed by atoms with Crippen LogP contribution in [0.1, 0.15) is 27.2 Å². The van der Waals surface area contributed by atoms with Gasteiger partial charge in [0.05, 0.1) is 6.33 Å². The minimum Gasteiger partial charge on any atom is -0.340 e. The fourth-order valence-electron chi connectivity index (χ4n) is 1.74. The first kappa shape index (κ1) is 10.6. The predicted molar refractivity (Wildman–Crippen MR) is 62.6 cm³/mol. The fourth-order valence-corrected chi connectivity index (χ4v) is 1.74. The molecule has 0 aliphatic rings. The summed E-state index contributed by atoms with van der Waals surface area (Å²) < 4.78 is 1.77. The van der Waals surface area contributed by atoms with Crippen molar-refractivity contribution in [2.45, 2.75) is 13.8 Å². The number of carbonyl (C=O) groups excluding carboxylic acids is 1. The van der Waals surface area contributed by atoms with Crippen molar-refractivity contribution in [3.8, 4) is 0 Å². The number of hydrogen-bond donors (Lipinski definition) is 0. The van der Waals surface area contributed by atoms with E-state index in [2.05, 4.69) is 4.98 Å². The van der Waals surface area contributed by atoms with Crippen LogP contribution in [0.4, 0.5) is 0 Å². The van der Waals surface area contributed by atoms with E-state index in [0.717, 1.165) is 16.7 Å². The molecule has 2 rings (SSSR count). The van der Waals surface area contributed by atoms with Crippen LogP contribution in [0.15, 0.2) is 30.7 Å². The van der Waals surface area contributed by atoms with Gasteiger partial charge in [0.25, 0.3) is 0 Å². The van der Waals surface area contributed by atoms with Crippen LogP contribution in [0.5, 0.6) is 0 Å². The molecule has 1 heterocycles. The summed E-state index contributed by atoms with van der Waals surface area (Å²) in [4.78, 5) is 16.2. The van der Waals surface area contributed by atoms with Crippen LogP contribution in [0.3, 0.4) is 0 Å². The molecule has 0 spiro atoms. The van der Waals surface area contributed by atoms with E-state index in [0.29, 0.717) is 5.69 Å². The molecule has 0 bridgehead atoms. The Morgan fingerprint density at radius 3 is 2.62 bits per heavy atom. The van der Waals surface area contributed by atoms with Crippen LogP contribution in [0, 0.1) is 13.8 Å². The predicted octanol–water partition coefficient (Wildman–Crippen LogP) is 2.27. The Morgan fingerprint density at radius 2 is 2.06 bits per heavy atom. The summed E-state index contributed by atoms with van der Waals surface area (Å²) >= 11 is 0. The lowest BCUT2D eigenvalue weighted by Crippen LogP contribution is -2.04. The zero-order chi connectivity index (χ0) is 11.7. The van der Waals surface area contributed by atoms with Gasteiger partial charge in [-0.25, -0.2) is 4.98 Å². The Balaban J connectivity index is 2.41. The van der Waals surface area contributed by atoms with Crippen LogP contribution in [-0.2, 0) is 7.05 Å². The van der Waals surface area contributed by atoms with E-state index in [1.807, 2.05) is 39.1 Å². The normalized spacial score (nSPS) is 10.4. The lowest BCUT2D eigenvalue weighted by atomic mass is 10.0. The molecule has 82 valence electrons. The molecule has 1 aromatic carbocycles. The number of benzene rings is 1. The zero-order valence-corrected chi connectivity index (χ0v) is 9.69. The lowest BCUT2D eigenvalue weighted by Gasteiger charge is -2.03. The minimum absolute atomic E-state index is 0.0156. The molecule has 0 aliphatic carbocycles. The Labute approximate surface area is 94.7 Å². The number of aryl methyl sites for hydroxylation is 3. The van der Waals surface area contributed by atoms with Crippen molar-refractivity contribution in [2.24, 2.45) is 7.05 Å². The number of nitrogens with zero attached hydrogens (tertiary/aromatic N) is 2. The highest BCUT2D eigenvalue weighted by Gasteiger charge is 2.13. The Hall–Kier alpha value is -1.90. The maximum atomic E-state index is 12.1. The summed E-state index contributed by atoms with van der Waals surface area (Å²) in [6.07, 6.45) is 3.37. The average Bonchev–Trinajstić information content (AvgIpc) is 2.64. The topological polar surface area (TPSA) is 34.9 Å². The van der Waals surface area contributed by atoms with Crippen molar-refractivity contribution in [2.75, 3.05) is 0 Å². The van der Waals surface area contributed by atoms with Crippen LogP contribution in [0.25, 0.3) is 0 Å². The highest BCUT2D eigenvalue weighted by Crippen LogP contribution is 2.14. The summed E-state index contributed by atoms with van der Waals surface area (Å²) in [7, 11) is 1.85. The molecule has 0 saturated heterocycles. The van der Waals surface area contributed by atoms with Gasteiger partial charge in [-0.3, -0.25) is 4.79 Å². The number of hydrogen-bond acceptors (Lipinski definition) is 2. The average molecular weight is 214 g/mol. The van der Waals surface area contributed by atoms with Gasteiger partial charge >= 0.3 is 0 Å². The van der Waals surface area contributed by atoms with Gasteiger partial charge in [-0.15, -0.1) is 0 Å². The molecule has 0 unspecified atom stereocenters. The van der Waals surface area contributed by atoms with Crippen LogP contribution < -0.4 is 0 Å². The van der Waals surface area contributed by atoms with E-state index >= 15 is 0 Å². The first-order valence-corrected chi connectivity index (χ1v) is 5.18. The van der Waals surface area contributed by atoms with Gasteiger partial charge in [0.1, 0.15) is 5.69 Å².